The summed E-state index contributed by atoms with van der Waals surface area (Å²) in [5, 5.41) is 6.81. The number of alkyl halides is 3. The Morgan fingerprint density at radius 2 is 2.08 bits per heavy atom. The van der Waals surface area contributed by atoms with Gasteiger partial charge in [-0.3, -0.25) is 0 Å². The Labute approximate surface area is 151 Å². The van der Waals surface area contributed by atoms with Crippen LogP contribution >= 0.6 is 0 Å². The first-order chi connectivity index (χ1) is 11.8. The molecule has 6 nitrogen and oxygen atoms in total. The van der Waals surface area contributed by atoms with Gasteiger partial charge in [0, 0.05) is 18.0 Å². The lowest BCUT2D eigenvalue weighted by atomic mass is 10.0. The summed E-state index contributed by atoms with van der Waals surface area (Å²) in [5.41, 5.74) is 6.65. The molecule has 3 atom stereocenters. The predicted molar refractivity (Wildman–Crippen MR) is 91.8 cm³/mol. The van der Waals surface area contributed by atoms with Crippen molar-refractivity contribution in [1.29, 1.82) is 0 Å². The number of nitrogen functional groups attached to an aromatic ring is 1. The maximum absolute atomic E-state index is 12.3. The van der Waals surface area contributed by atoms with Gasteiger partial charge in [-0.15, -0.1) is 0 Å². The summed E-state index contributed by atoms with van der Waals surface area (Å²) in [5.74, 6) is 0.696. The molecule has 2 rings (SSSR count). The van der Waals surface area contributed by atoms with Crippen molar-refractivity contribution in [2.75, 3.05) is 5.73 Å². The smallest absolute Gasteiger partial charge is 0.407 e. The summed E-state index contributed by atoms with van der Waals surface area (Å²) in [7, 11) is 0. The molecule has 1 heterocycles. The lowest BCUT2D eigenvalue weighted by Crippen LogP contribution is -2.37. The summed E-state index contributed by atoms with van der Waals surface area (Å²) in [6.07, 6.45) is -4.53. The molecular formula is C17H27F3N4O2. The van der Waals surface area contributed by atoms with E-state index in [-0.39, 0.29) is 17.6 Å². The second-order valence-electron chi connectivity index (χ2n) is 7.98. The highest BCUT2D eigenvalue weighted by atomic mass is 19.4. The highest BCUT2D eigenvalue weighted by Gasteiger charge is 2.33. The number of amides is 1. The average Bonchev–Trinajstić information content (AvgIpc) is 3.01. The molecule has 1 aliphatic rings. The van der Waals surface area contributed by atoms with Crippen LogP contribution in [0, 0.1) is 0 Å². The number of nitrogens with two attached hydrogens (primary N) is 1. The molecule has 1 fully saturated rings. The molecule has 0 aliphatic heterocycles. The van der Waals surface area contributed by atoms with Gasteiger partial charge < -0.3 is 15.8 Å². The molecular weight excluding hydrogens is 349 g/mol. The Hall–Kier alpha value is -1.93. The number of carbonyl (C=O) groups is 1. The van der Waals surface area contributed by atoms with E-state index >= 15 is 0 Å². The summed E-state index contributed by atoms with van der Waals surface area (Å²) < 4.78 is 44.0. The van der Waals surface area contributed by atoms with Gasteiger partial charge >= 0.3 is 12.3 Å². The number of aromatic nitrogens is 2. The van der Waals surface area contributed by atoms with Gasteiger partial charge in [-0.2, -0.15) is 18.3 Å². The van der Waals surface area contributed by atoms with E-state index in [0.29, 0.717) is 18.7 Å². The normalized spacial score (nSPS) is 22.3. The molecule has 0 bridgehead atoms. The molecule has 0 radical (unpaired) electrons. The molecule has 1 aliphatic carbocycles. The fourth-order valence-corrected chi connectivity index (χ4v) is 3.25. The zero-order chi connectivity index (χ0) is 19.7. The van der Waals surface area contributed by atoms with E-state index in [1.807, 2.05) is 26.8 Å². The Bertz CT molecular complexity index is 637. The van der Waals surface area contributed by atoms with Crippen molar-refractivity contribution in [1.82, 2.24) is 15.1 Å². The van der Waals surface area contributed by atoms with Gasteiger partial charge in [0.05, 0.1) is 17.7 Å². The maximum atomic E-state index is 12.3. The topological polar surface area (TPSA) is 82.2 Å². The summed E-state index contributed by atoms with van der Waals surface area (Å²) in [6, 6.07) is 0.811. The highest BCUT2D eigenvalue weighted by molar-refractivity contribution is 5.67. The third-order valence-corrected chi connectivity index (χ3v) is 4.37. The third-order valence-electron chi connectivity index (χ3n) is 4.37. The fourth-order valence-electron chi connectivity index (χ4n) is 3.25. The number of ether oxygens (including phenoxy) is 1. The number of halogens is 3. The van der Waals surface area contributed by atoms with Gasteiger partial charge in [-0.05, 0) is 47.0 Å². The summed E-state index contributed by atoms with van der Waals surface area (Å²) >= 11 is 0. The zero-order valence-electron chi connectivity index (χ0n) is 15.6. The lowest BCUT2D eigenvalue weighted by Gasteiger charge is -2.20. The number of alkyl carbamates (subject to hydrolysis) is 1. The molecule has 0 spiro atoms. The number of nitrogens with zero attached hydrogens (tertiary/aromatic N) is 2. The fraction of sp³-hybridized carbons (Fsp3) is 0.765. The first-order valence-electron chi connectivity index (χ1n) is 8.75. The highest BCUT2D eigenvalue weighted by Crippen LogP contribution is 2.36. The lowest BCUT2D eigenvalue weighted by molar-refractivity contribution is -0.138. The molecule has 148 valence electrons. The molecule has 1 unspecified atom stereocenters. The van der Waals surface area contributed by atoms with Crippen molar-refractivity contribution in [2.24, 2.45) is 0 Å². The Morgan fingerprint density at radius 1 is 1.42 bits per heavy atom. The van der Waals surface area contributed by atoms with Crippen LogP contribution in [0.3, 0.4) is 0 Å². The van der Waals surface area contributed by atoms with Gasteiger partial charge in [-0.25, -0.2) is 9.48 Å². The standard InChI is InChI=1S/C17H27F3N4O2/c1-10(9-17(18,19)20)22-15(25)26-12-6-5-11(7-12)13-8-14(21)24(23-13)16(2,3)4/h8,10-12H,5-7,9,21H2,1-4H3,(H,22,25)/t10?,11-,12+/m0/s1. The number of hydrogen-bond acceptors (Lipinski definition) is 4. The van der Waals surface area contributed by atoms with Gasteiger partial charge in [0.2, 0.25) is 0 Å². The SMILES string of the molecule is CC(CC(F)(F)F)NC(=O)O[C@@H]1CC[C@H](c2cc(N)n(C(C)(C)C)n2)C1. The van der Waals surface area contributed by atoms with E-state index in [4.69, 9.17) is 10.5 Å². The molecule has 26 heavy (non-hydrogen) atoms. The van der Waals surface area contributed by atoms with E-state index < -0.39 is 24.7 Å². The van der Waals surface area contributed by atoms with Crippen LogP contribution in [-0.2, 0) is 10.3 Å². The molecule has 1 amide bonds. The molecule has 9 heteroatoms. The van der Waals surface area contributed by atoms with Crippen molar-refractivity contribution < 1.29 is 22.7 Å². The van der Waals surface area contributed by atoms with Crippen molar-refractivity contribution in [3.63, 3.8) is 0 Å². The zero-order valence-corrected chi connectivity index (χ0v) is 15.6. The minimum atomic E-state index is -4.32. The van der Waals surface area contributed by atoms with Gasteiger partial charge in [-0.1, -0.05) is 0 Å². The molecule has 1 saturated carbocycles. The van der Waals surface area contributed by atoms with E-state index in [9.17, 15) is 18.0 Å². The quantitative estimate of drug-likeness (QED) is 0.834. The van der Waals surface area contributed by atoms with Crippen LogP contribution in [0.15, 0.2) is 6.07 Å². The van der Waals surface area contributed by atoms with Crippen molar-refractivity contribution in [3.05, 3.63) is 11.8 Å². The monoisotopic (exact) mass is 376 g/mol. The minimum Gasteiger partial charge on any atom is -0.446 e. The summed E-state index contributed by atoms with van der Waals surface area (Å²) in [6.45, 7) is 7.32. The molecule has 1 aromatic rings. The van der Waals surface area contributed by atoms with Gasteiger partial charge in [0.1, 0.15) is 11.9 Å². The van der Waals surface area contributed by atoms with Crippen LogP contribution in [0.2, 0.25) is 0 Å². The minimum absolute atomic E-state index is 0.117. The molecule has 3 N–H and O–H groups in total. The molecule has 0 saturated heterocycles. The predicted octanol–water partition coefficient (Wildman–Crippen LogP) is 3.92. The van der Waals surface area contributed by atoms with Crippen LogP contribution in [0.5, 0.6) is 0 Å². The van der Waals surface area contributed by atoms with Gasteiger partial charge in [0.25, 0.3) is 0 Å². The average molecular weight is 376 g/mol. The third kappa shape index (κ3) is 5.54. The van der Waals surface area contributed by atoms with E-state index in [0.717, 1.165) is 12.1 Å². The number of carbonyl (C=O) groups excluding carboxylic acids is 1. The van der Waals surface area contributed by atoms with E-state index in [1.54, 1.807) is 4.68 Å². The number of hydrogen-bond donors (Lipinski definition) is 2. The molecule has 0 aromatic carbocycles. The van der Waals surface area contributed by atoms with Crippen molar-refractivity contribution in [3.8, 4) is 0 Å². The first-order valence-corrected chi connectivity index (χ1v) is 8.75. The Kier molecular flexibility index (Phi) is 5.77. The van der Waals surface area contributed by atoms with Crippen LogP contribution in [0.25, 0.3) is 0 Å². The largest absolute Gasteiger partial charge is 0.446 e. The van der Waals surface area contributed by atoms with E-state index in [1.165, 1.54) is 6.92 Å². The summed E-state index contributed by atoms with van der Waals surface area (Å²) in [4.78, 5) is 11.8. The van der Waals surface area contributed by atoms with Crippen molar-refractivity contribution >= 4 is 11.9 Å². The Balaban J connectivity index is 1.88. The second kappa shape index (κ2) is 7.36. The van der Waals surface area contributed by atoms with Gasteiger partial charge in [0.15, 0.2) is 0 Å². The molecule has 1 aromatic heterocycles. The van der Waals surface area contributed by atoms with Crippen LogP contribution in [-0.4, -0.2) is 34.2 Å². The maximum Gasteiger partial charge on any atom is 0.407 e. The second-order valence-corrected chi connectivity index (χ2v) is 7.98. The number of nitrogens with one attached hydrogen (secondary N) is 1. The number of anilines is 1. The number of rotatable bonds is 4. The van der Waals surface area contributed by atoms with Crippen molar-refractivity contribution in [2.45, 2.75) is 83.2 Å². The van der Waals surface area contributed by atoms with E-state index in [2.05, 4.69) is 10.4 Å². The first kappa shape index (κ1) is 20.4. The van der Waals surface area contributed by atoms with Crippen LogP contribution in [0.1, 0.15) is 65.0 Å². The van der Waals surface area contributed by atoms with Crippen LogP contribution < -0.4 is 11.1 Å². The van der Waals surface area contributed by atoms with Crippen LogP contribution in [0.4, 0.5) is 23.8 Å². The Morgan fingerprint density at radius 3 is 2.62 bits per heavy atom.